The summed E-state index contributed by atoms with van der Waals surface area (Å²) in [4.78, 5) is 23.8. The van der Waals surface area contributed by atoms with Gasteiger partial charge in [0.15, 0.2) is 6.61 Å². The molecular formula is C19H22N4O4. The van der Waals surface area contributed by atoms with Crippen LogP contribution in [0.15, 0.2) is 48.5 Å². The van der Waals surface area contributed by atoms with Crippen LogP contribution in [0, 0.1) is 5.41 Å². The lowest BCUT2D eigenvalue weighted by Crippen LogP contribution is -2.32. The van der Waals surface area contributed by atoms with Crippen molar-refractivity contribution in [1.82, 2.24) is 5.32 Å². The third-order valence-electron chi connectivity index (χ3n) is 3.73. The third kappa shape index (κ3) is 6.03. The molecule has 0 radical (unpaired) electrons. The van der Waals surface area contributed by atoms with E-state index >= 15 is 0 Å². The number of amidine groups is 1. The Kier molecular flexibility index (Phi) is 6.76. The van der Waals surface area contributed by atoms with Crippen molar-refractivity contribution in [1.29, 1.82) is 5.41 Å². The standard InChI is InChI=1S/C19H22N4O4/c1-12(13-5-4-8-16(10-13)26-2)22-17(24)11-27-19(25)23-15-7-3-6-14(9-15)18(20)21/h3-10,12H,11H2,1-2H3,(H3,20,21)(H,22,24)(H,23,25)/t12-/m0/s1. The van der Waals surface area contributed by atoms with Crippen LogP contribution in [-0.2, 0) is 9.53 Å². The van der Waals surface area contributed by atoms with Crippen molar-refractivity contribution >= 4 is 23.5 Å². The average molecular weight is 370 g/mol. The predicted octanol–water partition coefficient (Wildman–Crippen LogP) is 2.41. The Morgan fingerprint density at radius 1 is 1.19 bits per heavy atom. The van der Waals surface area contributed by atoms with E-state index in [0.717, 1.165) is 5.56 Å². The Labute approximate surface area is 157 Å². The zero-order valence-corrected chi connectivity index (χ0v) is 15.1. The fourth-order valence-corrected chi connectivity index (χ4v) is 2.33. The molecule has 0 aliphatic rings. The minimum atomic E-state index is -0.778. The maximum Gasteiger partial charge on any atom is 0.412 e. The molecule has 8 heteroatoms. The molecule has 1 atom stereocenters. The van der Waals surface area contributed by atoms with Gasteiger partial charge in [-0.25, -0.2) is 4.79 Å². The molecule has 27 heavy (non-hydrogen) atoms. The number of anilines is 1. The highest BCUT2D eigenvalue weighted by atomic mass is 16.6. The van der Waals surface area contributed by atoms with Gasteiger partial charge in [-0.05, 0) is 36.8 Å². The second-order valence-corrected chi connectivity index (χ2v) is 5.76. The average Bonchev–Trinajstić information content (AvgIpc) is 2.66. The Bertz CT molecular complexity index is 838. The molecule has 0 aliphatic carbocycles. The van der Waals surface area contributed by atoms with Gasteiger partial charge in [0.2, 0.25) is 0 Å². The summed E-state index contributed by atoms with van der Waals surface area (Å²) in [6.07, 6.45) is -0.778. The van der Waals surface area contributed by atoms with Crippen molar-refractivity contribution in [2.45, 2.75) is 13.0 Å². The number of nitrogens with one attached hydrogen (secondary N) is 3. The van der Waals surface area contributed by atoms with Gasteiger partial charge < -0.3 is 20.5 Å². The Morgan fingerprint density at radius 2 is 1.93 bits per heavy atom. The molecule has 2 rings (SSSR count). The number of benzene rings is 2. The molecule has 0 spiro atoms. The number of methoxy groups -OCH3 is 1. The smallest absolute Gasteiger partial charge is 0.412 e. The van der Waals surface area contributed by atoms with Gasteiger partial charge in [-0.2, -0.15) is 0 Å². The summed E-state index contributed by atoms with van der Waals surface area (Å²) in [6, 6.07) is 13.5. The minimum Gasteiger partial charge on any atom is -0.497 e. The van der Waals surface area contributed by atoms with Gasteiger partial charge in [0, 0.05) is 11.3 Å². The van der Waals surface area contributed by atoms with E-state index in [0.29, 0.717) is 17.0 Å². The van der Waals surface area contributed by atoms with Crippen molar-refractivity contribution in [3.8, 4) is 5.75 Å². The van der Waals surface area contributed by atoms with Crippen LogP contribution in [0.3, 0.4) is 0 Å². The first-order valence-corrected chi connectivity index (χ1v) is 8.20. The predicted molar refractivity (Wildman–Crippen MR) is 102 cm³/mol. The van der Waals surface area contributed by atoms with Gasteiger partial charge in [-0.3, -0.25) is 15.5 Å². The summed E-state index contributed by atoms with van der Waals surface area (Å²) in [6.45, 7) is 1.40. The molecule has 0 heterocycles. The molecule has 0 aliphatic heterocycles. The molecule has 0 unspecified atom stereocenters. The topological polar surface area (TPSA) is 127 Å². The first kappa shape index (κ1) is 19.8. The Morgan fingerprint density at radius 3 is 2.63 bits per heavy atom. The van der Waals surface area contributed by atoms with Gasteiger partial charge in [0.25, 0.3) is 5.91 Å². The molecule has 2 amide bonds. The van der Waals surface area contributed by atoms with Crippen LogP contribution < -0.4 is 21.1 Å². The first-order chi connectivity index (χ1) is 12.9. The molecule has 0 fully saturated rings. The van der Waals surface area contributed by atoms with Crippen molar-refractivity contribution in [3.05, 3.63) is 59.7 Å². The fourth-order valence-electron chi connectivity index (χ4n) is 2.33. The number of ether oxygens (including phenoxy) is 2. The maximum atomic E-state index is 12.0. The highest BCUT2D eigenvalue weighted by molar-refractivity contribution is 5.97. The summed E-state index contributed by atoms with van der Waals surface area (Å²) in [5.41, 5.74) is 7.16. The Hall–Kier alpha value is -3.55. The van der Waals surface area contributed by atoms with E-state index in [-0.39, 0.29) is 11.9 Å². The van der Waals surface area contributed by atoms with Crippen LogP contribution >= 0.6 is 0 Å². The molecular weight excluding hydrogens is 348 g/mol. The summed E-state index contributed by atoms with van der Waals surface area (Å²) in [5.74, 6) is 0.146. The van der Waals surface area contributed by atoms with Crippen molar-refractivity contribution in [2.75, 3.05) is 19.0 Å². The van der Waals surface area contributed by atoms with E-state index in [2.05, 4.69) is 10.6 Å². The summed E-state index contributed by atoms with van der Waals surface area (Å²) in [5, 5.41) is 12.6. The van der Waals surface area contributed by atoms with Crippen molar-refractivity contribution in [2.24, 2.45) is 5.73 Å². The van der Waals surface area contributed by atoms with Gasteiger partial charge in [0.1, 0.15) is 11.6 Å². The van der Waals surface area contributed by atoms with Gasteiger partial charge >= 0.3 is 6.09 Å². The molecule has 5 N–H and O–H groups in total. The zero-order valence-electron chi connectivity index (χ0n) is 15.1. The van der Waals surface area contributed by atoms with Crippen LogP contribution in [0.2, 0.25) is 0 Å². The second kappa shape index (κ2) is 9.23. The number of carbonyl (C=O) groups is 2. The maximum absolute atomic E-state index is 12.0. The SMILES string of the molecule is COc1cccc([C@H](C)NC(=O)COC(=O)Nc2cccc(C(=N)N)c2)c1. The van der Waals surface area contributed by atoms with Crippen LogP contribution in [0.4, 0.5) is 10.5 Å². The van der Waals surface area contributed by atoms with Crippen molar-refractivity contribution in [3.63, 3.8) is 0 Å². The van der Waals surface area contributed by atoms with Crippen LogP contribution in [-0.4, -0.2) is 31.6 Å². The summed E-state index contributed by atoms with van der Waals surface area (Å²) >= 11 is 0. The molecule has 142 valence electrons. The molecule has 0 bridgehead atoms. The zero-order chi connectivity index (χ0) is 19.8. The summed E-state index contributed by atoms with van der Waals surface area (Å²) < 4.78 is 10.1. The Balaban J connectivity index is 1.83. The lowest BCUT2D eigenvalue weighted by Gasteiger charge is -2.15. The second-order valence-electron chi connectivity index (χ2n) is 5.76. The number of rotatable bonds is 7. The van der Waals surface area contributed by atoms with Gasteiger partial charge in [-0.1, -0.05) is 24.3 Å². The molecule has 0 saturated heterocycles. The van der Waals surface area contributed by atoms with E-state index < -0.39 is 18.6 Å². The highest BCUT2D eigenvalue weighted by Crippen LogP contribution is 2.18. The van der Waals surface area contributed by atoms with Crippen molar-refractivity contribution < 1.29 is 19.1 Å². The lowest BCUT2D eigenvalue weighted by atomic mass is 10.1. The van der Waals surface area contributed by atoms with E-state index in [4.69, 9.17) is 20.6 Å². The number of nitrogen functional groups attached to an aromatic ring is 1. The normalized spacial score (nSPS) is 11.2. The largest absolute Gasteiger partial charge is 0.497 e. The monoisotopic (exact) mass is 370 g/mol. The highest BCUT2D eigenvalue weighted by Gasteiger charge is 2.13. The lowest BCUT2D eigenvalue weighted by molar-refractivity contribution is -0.124. The van der Waals surface area contributed by atoms with E-state index in [1.54, 1.807) is 25.3 Å². The number of hydrogen-bond donors (Lipinski definition) is 4. The number of hydrogen-bond acceptors (Lipinski definition) is 5. The van der Waals surface area contributed by atoms with E-state index in [1.807, 2.05) is 31.2 Å². The third-order valence-corrected chi connectivity index (χ3v) is 3.73. The quantitative estimate of drug-likeness (QED) is 0.440. The minimum absolute atomic E-state index is 0.113. The molecule has 8 nitrogen and oxygen atoms in total. The number of nitrogens with two attached hydrogens (primary N) is 1. The summed E-state index contributed by atoms with van der Waals surface area (Å²) in [7, 11) is 1.57. The first-order valence-electron chi connectivity index (χ1n) is 8.20. The van der Waals surface area contributed by atoms with Gasteiger partial charge in [0.05, 0.1) is 13.2 Å². The molecule has 0 saturated carbocycles. The fraction of sp³-hybridized carbons (Fsp3) is 0.211. The van der Waals surface area contributed by atoms with Crippen LogP contribution in [0.5, 0.6) is 5.75 Å². The van der Waals surface area contributed by atoms with E-state index in [9.17, 15) is 9.59 Å². The molecule has 0 aromatic heterocycles. The van der Waals surface area contributed by atoms with Crippen LogP contribution in [0.25, 0.3) is 0 Å². The number of carbonyl (C=O) groups excluding carboxylic acids is 2. The van der Waals surface area contributed by atoms with Gasteiger partial charge in [-0.15, -0.1) is 0 Å². The number of amides is 2. The van der Waals surface area contributed by atoms with Crippen LogP contribution in [0.1, 0.15) is 24.1 Å². The van der Waals surface area contributed by atoms with E-state index in [1.165, 1.54) is 6.07 Å². The molecule has 2 aromatic rings. The molecule has 2 aromatic carbocycles.